The molecule has 4 rings (SSSR count). The van der Waals surface area contributed by atoms with Crippen molar-refractivity contribution in [1.29, 1.82) is 0 Å². The minimum atomic E-state index is -0.379. The third-order valence-electron chi connectivity index (χ3n) is 4.76. The first-order valence-corrected chi connectivity index (χ1v) is 10.3. The summed E-state index contributed by atoms with van der Waals surface area (Å²) in [7, 11) is 0. The highest BCUT2D eigenvalue weighted by Crippen LogP contribution is 2.28. The van der Waals surface area contributed by atoms with Crippen LogP contribution in [0.3, 0.4) is 0 Å². The van der Waals surface area contributed by atoms with E-state index in [1.54, 1.807) is 40.1 Å². The molecule has 2 aromatic heterocycles. The van der Waals surface area contributed by atoms with E-state index in [1.165, 1.54) is 17.8 Å². The molecular formula is C18H19N7O4S. The highest BCUT2D eigenvalue weighted by atomic mass is 32.2. The summed E-state index contributed by atoms with van der Waals surface area (Å²) in [6, 6.07) is 10.3. The molecule has 156 valence electrons. The topological polar surface area (TPSA) is 123 Å². The van der Waals surface area contributed by atoms with Crippen molar-refractivity contribution in [2.24, 2.45) is 0 Å². The zero-order chi connectivity index (χ0) is 20.9. The molecule has 1 aliphatic heterocycles. The Balaban J connectivity index is 1.31. The third kappa shape index (κ3) is 4.43. The van der Waals surface area contributed by atoms with Gasteiger partial charge in [0.05, 0.1) is 16.9 Å². The SMILES string of the molecule is O=C(CSc1nnnn1Cc1ccco1)N1CCN(c2ccccc2[N+](=O)[O-])CC1. The van der Waals surface area contributed by atoms with Crippen LogP contribution in [0.1, 0.15) is 5.76 Å². The maximum atomic E-state index is 12.6. The number of carbonyl (C=O) groups excluding carboxylic acids is 1. The maximum Gasteiger partial charge on any atom is 0.292 e. The number of carbonyl (C=O) groups is 1. The summed E-state index contributed by atoms with van der Waals surface area (Å²) in [6.45, 7) is 2.48. The number of hydrogen-bond acceptors (Lipinski definition) is 9. The fourth-order valence-electron chi connectivity index (χ4n) is 3.25. The van der Waals surface area contributed by atoms with E-state index in [1.807, 2.05) is 11.0 Å². The van der Waals surface area contributed by atoms with Gasteiger partial charge >= 0.3 is 0 Å². The second-order valence-electron chi connectivity index (χ2n) is 6.60. The van der Waals surface area contributed by atoms with Gasteiger partial charge in [0.25, 0.3) is 5.69 Å². The molecule has 0 saturated carbocycles. The van der Waals surface area contributed by atoms with E-state index in [4.69, 9.17) is 4.42 Å². The predicted molar refractivity (Wildman–Crippen MR) is 108 cm³/mol. The number of tetrazole rings is 1. The number of nitro groups is 1. The van der Waals surface area contributed by atoms with Crippen LogP contribution in [0.15, 0.2) is 52.2 Å². The molecule has 0 bridgehead atoms. The minimum Gasteiger partial charge on any atom is -0.467 e. The van der Waals surface area contributed by atoms with Crippen LogP contribution >= 0.6 is 11.8 Å². The Morgan fingerprint density at radius 2 is 1.97 bits per heavy atom. The number of thioether (sulfide) groups is 1. The van der Waals surface area contributed by atoms with Crippen LogP contribution in [-0.4, -0.2) is 67.9 Å². The summed E-state index contributed by atoms with van der Waals surface area (Å²) in [5, 5.41) is 23.4. The molecule has 3 aromatic rings. The summed E-state index contributed by atoms with van der Waals surface area (Å²) in [6.07, 6.45) is 1.58. The summed E-state index contributed by atoms with van der Waals surface area (Å²) < 4.78 is 6.89. The second kappa shape index (κ2) is 8.95. The molecule has 0 unspecified atom stereocenters. The Morgan fingerprint density at radius 3 is 2.70 bits per heavy atom. The molecule has 1 aromatic carbocycles. The van der Waals surface area contributed by atoms with Crippen LogP contribution in [0.2, 0.25) is 0 Å². The van der Waals surface area contributed by atoms with E-state index < -0.39 is 0 Å². The number of para-hydroxylation sites is 2. The summed E-state index contributed by atoms with van der Waals surface area (Å²) in [4.78, 5) is 27.2. The molecule has 0 aliphatic carbocycles. The Morgan fingerprint density at radius 1 is 1.17 bits per heavy atom. The van der Waals surface area contributed by atoms with Crippen molar-refractivity contribution < 1.29 is 14.1 Å². The Labute approximate surface area is 175 Å². The molecule has 0 radical (unpaired) electrons. The molecule has 12 heteroatoms. The van der Waals surface area contributed by atoms with E-state index >= 15 is 0 Å². The van der Waals surface area contributed by atoms with Crippen LogP contribution in [-0.2, 0) is 11.3 Å². The van der Waals surface area contributed by atoms with E-state index in [0.29, 0.717) is 43.6 Å². The number of piperazine rings is 1. The number of anilines is 1. The van der Waals surface area contributed by atoms with Crippen LogP contribution in [0.25, 0.3) is 0 Å². The highest BCUT2D eigenvalue weighted by Gasteiger charge is 2.25. The molecule has 0 spiro atoms. The number of furan rings is 1. The summed E-state index contributed by atoms with van der Waals surface area (Å²) >= 11 is 1.27. The van der Waals surface area contributed by atoms with Crippen molar-refractivity contribution in [3.63, 3.8) is 0 Å². The normalized spacial score (nSPS) is 14.1. The van der Waals surface area contributed by atoms with Crippen LogP contribution in [0, 0.1) is 10.1 Å². The quantitative estimate of drug-likeness (QED) is 0.313. The molecule has 0 N–H and O–H groups in total. The molecule has 0 atom stereocenters. The van der Waals surface area contributed by atoms with E-state index in [-0.39, 0.29) is 22.3 Å². The van der Waals surface area contributed by atoms with Gasteiger partial charge in [-0.25, -0.2) is 4.68 Å². The molecule has 3 heterocycles. The van der Waals surface area contributed by atoms with Crippen LogP contribution < -0.4 is 4.90 Å². The average molecular weight is 429 g/mol. The minimum absolute atomic E-state index is 0.0187. The number of hydrogen-bond donors (Lipinski definition) is 0. The molecule has 1 fully saturated rings. The van der Waals surface area contributed by atoms with Crippen LogP contribution in [0.4, 0.5) is 11.4 Å². The van der Waals surface area contributed by atoms with Gasteiger partial charge in [0.15, 0.2) is 0 Å². The fourth-order valence-corrected chi connectivity index (χ4v) is 4.03. The Kier molecular flexibility index (Phi) is 5.93. The van der Waals surface area contributed by atoms with E-state index in [0.717, 1.165) is 5.76 Å². The number of rotatable bonds is 7. The molecule has 30 heavy (non-hydrogen) atoms. The van der Waals surface area contributed by atoms with E-state index in [9.17, 15) is 14.9 Å². The molecule has 11 nitrogen and oxygen atoms in total. The van der Waals surface area contributed by atoms with Crippen molar-refractivity contribution in [3.05, 3.63) is 58.5 Å². The summed E-state index contributed by atoms with van der Waals surface area (Å²) in [5.41, 5.74) is 0.664. The number of amides is 1. The van der Waals surface area contributed by atoms with E-state index in [2.05, 4.69) is 15.5 Å². The zero-order valence-electron chi connectivity index (χ0n) is 16.0. The maximum absolute atomic E-state index is 12.6. The number of nitrogens with zero attached hydrogens (tertiary/aromatic N) is 7. The second-order valence-corrected chi connectivity index (χ2v) is 7.54. The first-order valence-electron chi connectivity index (χ1n) is 9.29. The van der Waals surface area contributed by atoms with Crippen LogP contribution in [0.5, 0.6) is 0 Å². The molecule has 1 saturated heterocycles. The first-order chi connectivity index (χ1) is 14.6. The van der Waals surface area contributed by atoms with Gasteiger partial charge in [0, 0.05) is 32.2 Å². The fraction of sp³-hybridized carbons (Fsp3) is 0.333. The number of aromatic nitrogens is 4. The van der Waals surface area contributed by atoms with Gasteiger partial charge in [-0.05, 0) is 28.6 Å². The predicted octanol–water partition coefficient (Wildman–Crippen LogP) is 1.66. The lowest BCUT2D eigenvalue weighted by atomic mass is 10.2. The van der Waals surface area contributed by atoms with Crippen molar-refractivity contribution in [2.45, 2.75) is 11.7 Å². The third-order valence-corrected chi connectivity index (χ3v) is 5.70. The van der Waals surface area contributed by atoms with Gasteiger partial charge in [0.1, 0.15) is 18.0 Å². The zero-order valence-corrected chi connectivity index (χ0v) is 16.8. The lowest BCUT2D eigenvalue weighted by molar-refractivity contribution is -0.384. The molecular weight excluding hydrogens is 410 g/mol. The highest BCUT2D eigenvalue weighted by molar-refractivity contribution is 7.99. The lowest BCUT2D eigenvalue weighted by Crippen LogP contribution is -2.49. The first kappa shape index (κ1) is 19.9. The van der Waals surface area contributed by atoms with Gasteiger partial charge < -0.3 is 14.2 Å². The Hall–Kier alpha value is -3.41. The summed E-state index contributed by atoms with van der Waals surface area (Å²) in [5.74, 6) is 0.917. The van der Waals surface area contributed by atoms with Crippen molar-refractivity contribution in [1.82, 2.24) is 25.1 Å². The smallest absolute Gasteiger partial charge is 0.292 e. The van der Waals surface area contributed by atoms with Crippen molar-refractivity contribution >= 4 is 29.0 Å². The average Bonchev–Trinajstić information content (AvgIpc) is 3.44. The van der Waals surface area contributed by atoms with Gasteiger partial charge in [-0.1, -0.05) is 23.9 Å². The van der Waals surface area contributed by atoms with Crippen molar-refractivity contribution in [2.75, 3.05) is 36.8 Å². The Bertz CT molecular complexity index is 1020. The standard InChI is InChI=1S/C18H19N7O4S/c26-17(13-30-18-19-20-21-24(18)12-14-4-3-11-29-14)23-9-7-22(8-10-23)15-5-1-2-6-16(15)25(27)28/h1-6,11H,7-10,12-13H2. The van der Waals surface area contributed by atoms with Crippen molar-refractivity contribution in [3.8, 4) is 0 Å². The largest absolute Gasteiger partial charge is 0.467 e. The molecule has 1 amide bonds. The van der Waals surface area contributed by atoms with Gasteiger partial charge in [-0.15, -0.1) is 5.10 Å². The number of nitro benzene ring substituents is 1. The number of benzene rings is 1. The van der Waals surface area contributed by atoms with Gasteiger partial charge in [0.2, 0.25) is 11.1 Å². The van der Waals surface area contributed by atoms with Gasteiger partial charge in [-0.3, -0.25) is 14.9 Å². The molecule has 1 aliphatic rings. The van der Waals surface area contributed by atoms with Gasteiger partial charge in [-0.2, -0.15) is 0 Å². The monoisotopic (exact) mass is 429 g/mol. The lowest BCUT2D eigenvalue weighted by Gasteiger charge is -2.35.